The van der Waals surface area contributed by atoms with Crippen LogP contribution in [0, 0.1) is 12.7 Å². The molecule has 0 amide bonds. The molecule has 0 radical (unpaired) electrons. The predicted octanol–water partition coefficient (Wildman–Crippen LogP) is 4.25. The Labute approximate surface area is 188 Å². The summed E-state index contributed by atoms with van der Waals surface area (Å²) in [6, 6.07) is 13.6. The van der Waals surface area contributed by atoms with Crippen molar-refractivity contribution in [3.8, 4) is 0 Å². The molecule has 0 unspecified atom stereocenters. The molecule has 154 valence electrons. The first-order chi connectivity index (χ1) is 13.6. The number of imidazole rings is 1. The van der Waals surface area contributed by atoms with Crippen molar-refractivity contribution < 1.29 is 4.39 Å². The van der Waals surface area contributed by atoms with E-state index in [1.165, 1.54) is 17.2 Å². The summed E-state index contributed by atoms with van der Waals surface area (Å²) in [4.78, 5) is 8.66. The van der Waals surface area contributed by atoms with Gasteiger partial charge in [0.15, 0.2) is 5.96 Å². The average molecular weight is 507 g/mol. The number of guanidine groups is 1. The van der Waals surface area contributed by atoms with Crippen molar-refractivity contribution in [3.63, 3.8) is 0 Å². The molecular formula is C22H27FIN5. The van der Waals surface area contributed by atoms with Crippen LogP contribution in [0.5, 0.6) is 0 Å². The van der Waals surface area contributed by atoms with Crippen molar-refractivity contribution in [2.45, 2.75) is 33.5 Å². The minimum Gasteiger partial charge on any atom is -0.357 e. The van der Waals surface area contributed by atoms with Crippen LogP contribution in [0.2, 0.25) is 0 Å². The van der Waals surface area contributed by atoms with Crippen LogP contribution < -0.4 is 10.6 Å². The summed E-state index contributed by atoms with van der Waals surface area (Å²) in [6.45, 7) is 6.57. The summed E-state index contributed by atoms with van der Waals surface area (Å²) >= 11 is 0. The molecule has 3 aromatic rings. The molecule has 1 aromatic heterocycles. The second kappa shape index (κ2) is 11.5. The zero-order valence-corrected chi connectivity index (χ0v) is 19.1. The molecule has 2 N–H and O–H groups in total. The van der Waals surface area contributed by atoms with E-state index < -0.39 is 0 Å². The first-order valence-corrected chi connectivity index (χ1v) is 9.45. The fraction of sp³-hybridized carbons (Fsp3) is 0.273. The number of benzene rings is 2. The van der Waals surface area contributed by atoms with Crippen molar-refractivity contribution in [3.05, 3.63) is 89.3 Å². The second-order valence-electron chi connectivity index (χ2n) is 6.68. The minimum atomic E-state index is -0.186. The normalized spacial score (nSPS) is 11.1. The van der Waals surface area contributed by atoms with E-state index >= 15 is 0 Å². The fourth-order valence-electron chi connectivity index (χ4n) is 2.86. The maximum Gasteiger partial charge on any atom is 0.191 e. The molecule has 0 saturated carbocycles. The van der Waals surface area contributed by atoms with Crippen molar-refractivity contribution in [1.82, 2.24) is 20.2 Å². The molecule has 0 saturated heterocycles. The SMILES string of the molecule is CCNC(=NCc1ccc(F)c(C)c1)NCc1ccc(Cn2ccnc2)cc1.I. The number of rotatable bonds is 7. The Kier molecular flexibility index (Phi) is 9.11. The van der Waals surface area contributed by atoms with Crippen LogP contribution in [0.15, 0.2) is 66.2 Å². The van der Waals surface area contributed by atoms with Crippen LogP contribution in [0.25, 0.3) is 0 Å². The number of hydrogen-bond donors (Lipinski definition) is 2. The van der Waals surface area contributed by atoms with E-state index in [9.17, 15) is 4.39 Å². The molecule has 0 aliphatic heterocycles. The van der Waals surface area contributed by atoms with Crippen LogP contribution in [0.3, 0.4) is 0 Å². The van der Waals surface area contributed by atoms with E-state index in [0.717, 1.165) is 24.6 Å². The van der Waals surface area contributed by atoms with E-state index in [0.29, 0.717) is 18.7 Å². The number of aromatic nitrogens is 2. The lowest BCUT2D eigenvalue weighted by Crippen LogP contribution is -2.36. The molecule has 29 heavy (non-hydrogen) atoms. The number of nitrogens with zero attached hydrogens (tertiary/aromatic N) is 3. The lowest BCUT2D eigenvalue weighted by atomic mass is 10.1. The summed E-state index contributed by atoms with van der Waals surface area (Å²) in [5.41, 5.74) is 4.04. The molecule has 1 heterocycles. The van der Waals surface area contributed by atoms with Crippen LogP contribution >= 0.6 is 24.0 Å². The molecule has 0 atom stereocenters. The Balaban J connectivity index is 0.00000300. The number of aliphatic imine (C=N–C) groups is 1. The highest BCUT2D eigenvalue weighted by molar-refractivity contribution is 14.0. The molecule has 7 heteroatoms. The standard InChI is InChI=1S/C22H26FN5.HI/c1-3-25-22(27-14-20-8-9-21(23)17(2)12-20)26-13-18-4-6-19(7-5-18)15-28-11-10-24-16-28;/h4-12,16H,3,13-15H2,1-2H3,(H2,25,26,27);1H. The third-order valence-electron chi connectivity index (χ3n) is 4.39. The summed E-state index contributed by atoms with van der Waals surface area (Å²) in [5.74, 6) is 0.557. The Hall–Kier alpha value is -2.42. The first kappa shape index (κ1) is 22.9. The van der Waals surface area contributed by atoms with Gasteiger partial charge in [-0.1, -0.05) is 36.4 Å². The molecule has 3 rings (SSSR count). The van der Waals surface area contributed by atoms with E-state index in [-0.39, 0.29) is 29.8 Å². The molecule has 2 aromatic carbocycles. The molecule has 0 spiro atoms. The van der Waals surface area contributed by atoms with Crippen molar-refractivity contribution in [2.75, 3.05) is 6.54 Å². The highest BCUT2D eigenvalue weighted by Crippen LogP contribution is 2.10. The smallest absolute Gasteiger partial charge is 0.191 e. The van der Waals surface area contributed by atoms with Crippen LogP contribution in [0.4, 0.5) is 4.39 Å². The number of aryl methyl sites for hydroxylation is 1. The monoisotopic (exact) mass is 507 g/mol. The van der Waals surface area contributed by atoms with Gasteiger partial charge in [-0.2, -0.15) is 0 Å². The fourth-order valence-corrected chi connectivity index (χ4v) is 2.86. The first-order valence-electron chi connectivity index (χ1n) is 9.45. The highest BCUT2D eigenvalue weighted by Gasteiger charge is 2.02. The summed E-state index contributed by atoms with van der Waals surface area (Å²) in [6.07, 6.45) is 5.56. The quantitative estimate of drug-likeness (QED) is 0.286. The zero-order chi connectivity index (χ0) is 19.8. The summed E-state index contributed by atoms with van der Waals surface area (Å²) in [7, 11) is 0. The van der Waals surface area contributed by atoms with Gasteiger partial charge in [0, 0.05) is 32.0 Å². The van der Waals surface area contributed by atoms with E-state index in [1.54, 1.807) is 19.2 Å². The van der Waals surface area contributed by atoms with E-state index in [1.807, 2.05) is 30.1 Å². The van der Waals surface area contributed by atoms with Gasteiger partial charge in [0.25, 0.3) is 0 Å². The van der Waals surface area contributed by atoms with Gasteiger partial charge in [-0.3, -0.25) is 0 Å². The molecule has 0 aliphatic carbocycles. The summed E-state index contributed by atoms with van der Waals surface area (Å²) in [5, 5.41) is 6.59. The third-order valence-corrected chi connectivity index (χ3v) is 4.39. The van der Waals surface area contributed by atoms with Crippen LogP contribution in [-0.2, 0) is 19.6 Å². The molecular weight excluding hydrogens is 480 g/mol. The van der Waals surface area contributed by atoms with Gasteiger partial charge in [0.05, 0.1) is 12.9 Å². The number of nitrogens with one attached hydrogen (secondary N) is 2. The van der Waals surface area contributed by atoms with E-state index in [2.05, 4.69) is 44.9 Å². The maximum atomic E-state index is 13.4. The van der Waals surface area contributed by atoms with Crippen molar-refractivity contribution in [1.29, 1.82) is 0 Å². The largest absolute Gasteiger partial charge is 0.357 e. The number of halogens is 2. The van der Waals surface area contributed by atoms with Gasteiger partial charge in [-0.15, -0.1) is 24.0 Å². The third kappa shape index (κ3) is 7.16. The van der Waals surface area contributed by atoms with Crippen LogP contribution in [0.1, 0.15) is 29.2 Å². The minimum absolute atomic E-state index is 0. The van der Waals surface area contributed by atoms with Crippen LogP contribution in [-0.4, -0.2) is 22.1 Å². The topological polar surface area (TPSA) is 54.2 Å². The summed E-state index contributed by atoms with van der Waals surface area (Å²) < 4.78 is 15.4. The van der Waals surface area contributed by atoms with E-state index in [4.69, 9.17) is 0 Å². The Bertz CT molecular complexity index is 907. The maximum absolute atomic E-state index is 13.4. The van der Waals surface area contributed by atoms with Gasteiger partial charge in [-0.05, 0) is 42.2 Å². The van der Waals surface area contributed by atoms with Crippen molar-refractivity contribution >= 4 is 29.9 Å². The Morgan fingerprint density at radius 2 is 1.79 bits per heavy atom. The highest BCUT2D eigenvalue weighted by atomic mass is 127. The van der Waals surface area contributed by atoms with Gasteiger partial charge in [0.1, 0.15) is 5.82 Å². The van der Waals surface area contributed by atoms with Gasteiger partial charge < -0.3 is 15.2 Å². The molecule has 5 nitrogen and oxygen atoms in total. The lowest BCUT2D eigenvalue weighted by Gasteiger charge is -2.12. The number of hydrogen-bond acceptors (Lipinski definition) is 2. The molecule has 0 bridgehead atoms. The zero-order valence-electron chi connectivity index (χ0n) is 16.7. The molecule has 0 aliphatic rings. The predicted molar refractivity (Wildman–Crippen MR) is 126 cm³/mol. The van der Waals surface area contributed by atoms with Gasteiger partial charge in [0.2, 0.25) is 0 Å². The Morgan fingerprint density at radius 3 is 2.45 bits per heavy atom. The lowest BCUT2D eigenvalue weighted by molar-refractivity contribution is 0.617. The molecule has 0 fully saturated rings. The second-order valence-corrected chi connectivity index (χ2v) is 6.68. The Morgan fingerprint density at radius 1 is 1.07 bits per heavy atom. The average Bonchev–Trinajstić information content (AvgIpc) is 3.21. The van der Waals surface area contributed by atoms with Gasteiger partial charge in [-0.25, -0.2) is 14.4 Å². The van der Waals surface area contributed by atoms with Gasteiger partial charge >= 0.3 is 0 Å². The van der Waals surface area contributed by atoms with Crippen molar-refractivity contribution in [2.24, 2.45) is 4.99 Å².